The van der Waals surface area contributed by atoms with E-state index in [1.165, 1.54) is 10.8 Å². The number of aldehydes is 1. The third kappa shape index (κ3) is 6.21. The Hall–Kier alpha value is -2.90. The lowest BCUT2D eigenvalue weighted by Gasteiger charge is -2.46. The average molecular weight is 623 g/mol. The van der Waals surface area contributed by atoms with Gasteiger partial charge in [-0.3, -0.25) is 19.1 Å². The van der Waals surface area contributed by atoms with Crippen molar-refractivity contribution in [1.29, 1.82) is 0 Å². The maximum absolute atomic E-state index is 13.3. The summed E-state index contributed by atoms with van der Waals surface area (Å²) in [6.07, 6.45) is 1.03. The SMILES string of the molecule is Cc1cn([C@H]2CC(O[Si](C)(C)C(C)(C)C)[C@@](C=O)(CO[Si](c3ccccc3)(c3ccccc3)C(C)(C)C)O2)c(=O)[nH]c1=O. The van der Waals surface area contributed by atoms with Crippen LogP contribution in [-0.2, 0) is 18.4 Å². The molecule has 10 heteroatoms. The number of benzene rings is 2. The zero-order valence-electron chi connectivity index (χ0n) is 26.9. The Morgan fingerprint density at radius 1 is 0.953 bits per heavy atom. The van der Waals surface area contributed by atoms with Crippen LogP contribution < -0.4 is 21.6 Å². The van der Waals surface area contributed by atoms with Crippen molar-refractivity contribution in [2.75, 3.05) is 6.61 Å². The van der Waals surface area contributed by atoms with E-state index in [1.807, 2.05) is 36.4 Å². The van der Waals surface area contributed by atoms with Gasteiger partial charge in [-0.2, -0.15) is 0 Å². The summed E-state index contributed by atoms with van der Waals surface area (Å²) in [7, 11) is -5.44. The summed E-state index contributed by atoms with van der Waals surface area (Å²) in [6.45, 7) is 18.8. The Labute approximate surface area is 256 Å². The molecule has 3 aromatic rings. The predicted octanol–water partition coefficient (Wildman–Crippen LogP) is 4.67. The summed E-state index contributed by atoms with van der Waals surface area (Å²) in [6, 6.07) is 20.4. The number of ether oxygens (including phenoxy) is 1. The number of nitrogens with one attached hydrogen (secondary N) is 1. The average Bonchev–Trinajstić information content (AvgIpc) is 3.28. The van der Waals surface area contributed by atoms with Crippen LogP contribution in [0.15, 0.2) is 76.4 Å². The molecule has 0 amide bonds. The third-order valence-corrected chi connectivity index (χ3v) is 18.6. The molecule has 1 fully saturated rings. The molecule has 1 N–H and O–H groups in total. The molecule has 8 nitrogen and oxygen atoms in total. The van der Waals surface area contributed by atoms with Gasteiger partial charge in [0.1, 0.15) is 6.23 Å². The van der Waals surface area contributed by atoms with E-state index in [0.29, 0.717) is 5.56 Å². The number of carbonyl (C=O) groups excluding carboxylic acids is 1. The van der Waals surface area contributed by atoms with Crippen LogP contribution in [0.5, 0.6) is 0 Å². The molecule has 3 atom stereocenters. The molecule has 0 aliphatic carbocycles. The Morgan fingerprint density at radius 2 is 1.49 bits per heavy atom. The Kier molecular flexibility index (Phi) is 9.13. The van der Waals surface area contributed by atoms with Gasteiger partial charge in [0.05, 0.1) is 12.7 Å². The second-order valence-corrected chi connectivity index (χ2v) is 23.2. The number of rotatable bonds is 9. The van der Waals surface area contributed by atoms with Gasteiger partial charge in [0, 0.05) is 18.2 Å². The van der Waals surface area contributed by atoms with Gasteiger partial charge >= 0.3 is 5.69 Å². The van der Waals surface area contributed by atoms with Gasteiger partial charge in [0.15, 0.2) is 20.2 Å². The number of hydrogen-bond acceptors (Lipinski definition) is 6. The van der Waals surface area contributed by atoms with Crippen molar-refractivity contribution in [3.05, 3.63) is 93.3 Å². The van der Waals surface area contributed by atoms with Gasteiger partial charge in [0.25, 0.3) is 13.9 Å². The fourth-order valence-corrected chi connectivity index (χ4v) is 11.6. The normalized spacial score (nSPS) is 21.6. The zero-order chi connectivity index (χ0) is 31.8. The molecule has 2 heterocycles. The number of nitrogens with zero attached hydrogens (tertiary/aromatic N) is 1. The van der Waals surface area contributed by atoms with Gasteiger partial charge in [-0.1, -0.05) is 102 Å². The summed E-state index contributed by atoms with van der Waals surface area (Å²) in [4.78, 5) is 40.7. The fraction of sp³-hybridized carbons (Fsp3) is 0.485. The van der Waals surface area contributed by atoms with Crippen molar-refractivity contribution >= 4 is 33.3 Å². The van der Waals surface area contributed by atoms with Gasteiger partial charge in [-0.25, -0.2) is 4.79 Å². The molecule has 2 aromatic carbocycles. The number of carbonyl (C=O) groups is 1. The summed E-state index contributed by atoms with van der Waals surface area (Å²) in [5.74, 6) is 0. The summed E-state index contributed by atoms with van der Waals surface area (Å²) < 4.78 is 22.0. The molecule has 0 bridgehead atoms. The van der Waals surface area contributed by atoms with Crippen molar-refractivity contribution in [2.24, 2.45) is 0 Å². The molecule has 0 saturated carbocycles. The fourth-order valence-electron chi connectivity index (χ4n) is 5.66. The quantitative estimate of drug-likeness (QED) is 0.275. The van der Waals surface area contributed by atoms with Crippen LogP contribution in [0.25, 0.3) is 0 Å². The van der Waals surface area contributed by atoms with Crippen LogP contribution in [0.3, 0.4) is 0 Å². The molecule has 0 spiro atoms. The maximum atomic E-state index is 13.3. The van der Waals surface area contributed by atoms with Gasteiger partial charge in [-0.05, 0) is 40.5 Å². The van der Waals surface area contributed by atoms with E-state index >= 15 is 0 Å². The predicted molar refractivity (Wildman–Crippen MR) is 175 cm³/mol. The standard InChI is InChI=1S/C33H46N2O6Si2/c1-24-21-35(30(38)34-29(24)37)28-20-27(41-42(8,9)31(2,3)4)33(22-36,40-28)23-39-43(32(5,6)7,25-16-12-10-13-17-25)26-18-14-11-15-19-26/h10-19,21-22,27-28H,20,23H2,1-9H3,(H,34,37,38)/t27?,28-,33-/m1/s1. The Morgan fingerprint density at radius 3 is 1.95 bits per heavy atom. The van der Waals surface area contributed by atoms with Crippen LogP contribution in [-0.4, -0.2) is 50.8 Å². The van der Waals surface area contributed by atoms with Crippen molar-refractivity contribution in [2.45, 2.75) is 96.0 Å². The van der Waals surface area contributed by atoms with Crippen LogP contribution in [0, 0.1) is 6.92 Å². The van der Waals surface area contributed by atoms with Crippen LogP contribution in [0.2, 0.25) is 23.2 Å². The highest BCUT2D eigenvalue weighted by atomic mass is 28.4. The van der Waals surface area contributed by atoms with E-state index in [9.17, 15) is 14.4 Å². The molecule has 232 valence electrons. The highest BCUT2D eigenvalue weighted by molar-refractivity contribution is 6.99. The number of aryl methyl sites for hydroxylation is 1. The molecule has 1 unspecified atom stereocenters. The van der Waals surface area contributed by atoms with Crippen molar-refractivity contribution in [3.8, 4) is 0 Å². The topological polar surface area (TPSA) is 99.6 Å². The number of H-pyrrole nitrogens is 1. The van der Waals surface area contributed by atoms with Crippen LogP contribution in [0.4, 0.5) is 0 Å². The molecule has 1 saturated heterocycles. The Balaban J connectivity index is 1.85. The molecule has 1 aliphatic rings. The summed E-state index contributed by atoms with van der Waals surface area (Å²) >= 11 is 0. The van der Waals surface area contributed by atoms with E-state index in [4.69, 9.17) is 13.6 Å². The monoisotopic (exact) mass is 622 g/mol. The van der Waals surface area contributed by atoms with Crippen LogP contribution in [0.1, 0.15) is 59.8 Å². The number of hydrogen-bond donors (Lipinski definition) is 1. The minimum atomic E-state index is -3.03. The smallest absolute Gasteiger partial charge is 0.330 e. The first kappa shape index (κ1) is 33.0. The lowest BCUT2D eigenvalue weighted by atomic mass is 10.00. The minimum Gasteiger partial charge on any atom is -0.410 e. The van der Waals surface area contributed by atoms with E-state index in [0.717, 1.165) is 16.7 Å². The van der Waals surface area contributed by atoms with Crippen molar-refractivity contribution < 1.29 is 18.4 Å². The molecule has 4 rings (SSSR count). The van der Waals surface area contributed by atoms with E-state index in [-0.39, 0.29) is 23.1 Å². The summed E-state index contributed by atoms with van der Waals surface area (Å²) in [5, 5.41) is 1.71. The number of aromatic nitrogens is 2. The van der Waals surface area contributed by atoms with Crippen molar-refractivity contribution in [1.82, 2.24) is 9.55 Å². The Bertz CT molecular complexity index is 1500. The second-order valence-electron chi connectivity index (χ2n) is 14.2. The van der Waals surface area contributed by atoms with E-state index in [1.54, 1.807) is 6.92 Å². The zero-order valence-corrected chi connectivity index (χ0v) is 28.9. The molecular weight excluding hydrogens is 577 g/mol. The van der Waals surface area contributed by atoms with Gasteiger partial charge in [0.2, 0.25) is 0 Å². The van der Waals surface area contributed by atoms with Gasteiger partial charge in [-0.15, -0.1) is 0 Å². The van der Waals surface area contributed by atoms with Crippen molar-refractivity contribution in [3.63, 3.8) is 0 Å². The second kappa shape index (κ2) is 11.9. The first-order valence-electron chi connectivity index (χ1n) is 14.9. The lowest BCUT2D eigenvalue weighted by molar-refractivity contribution is -0.149. The molecule has 1 aromatic heterocycles. The largest absolute Gasteiger partial charge is 0.410 e. The highest BCUT2D eigenvalue weighted by Gasteiger charge is 2.57. The summed E-state index contributed by atoms with van der Waals surface area (Å²) in [5.41, 5.74) is -2.17. The van der Waals surface area contributed by atoms with E-state index in [2.05, 4.69) is 83.9 Å². The van der Waals surface area contributed by atoms with Gasteiger partial charge < -0.3 is 13.6 Å². The first-order chi connectivity index (χ1) is 20.0. The maximum Gasteiger partial charge on any atom is 0.330 e. The molecule has 0 radical (unpaired) electrons. The number of aromatic amines is 1. The molecule has 1 aliphatic heterocycles. The highest BCUT2D eigenvalue weighted by Crippen LogP contribution is 2.45. The first-order valence-corrected chi connectivity index (χ1v) is 19.7. The lowest BCUT2D eigenvalue weighted by Crippen LogP contribution is -2.68. The molecule has 43 heavy (non-hydrogen) atoms. The van der Waals surface area contributed by atoms with E-state index < -0.39 is 45.8 Å². The minimum absolute atomic E-state index is 0.0589. The van der Waals surface area contributed by atoms with Crippen LogP contribution >= 0.6 is 0 Å². The third-order valence-electron chi connectivity index (χ3n) is 9.15. The molecular formula is C33H46N2O6Si2.